The van der Waals surface area contributed by atoms with Crippen molar-refractivity contribution in [1.82, 2.24) is 4.57 Å². The molecule has 1 aliphatic rings. The van der Waals surface area contributed by atoms with Gasteiger partial charge in [-0.2, -0.15) is 0 Å². The van der Waals surface area contributed by atoms with Gasteiger partial charge in [0.25, 0.3) is 0 Å². The Morgan fingerprint density at radius 2 is 1.89 bits per heavy atom. The van der Waals surface area contributed by atoms with E-state index >= 15 is 0 Å². The van der Waals surface area contributed by atoms with Crippen LogP contribution in [0.3, 0.4) is 0 Å². The highest BCUT2D eigenvalue weighted by Gasteiger charge is 2.33. The van der Waals surface area contributed by atoms with Gasteiger partial charge in [0.1, 0.15) is 5.82 Å². The summed E-state index contributed by atoms with van der Waals surface area (Å²) in [5.41, 5.74) is 2.50. The molecule has 0 aliphatic carbocycles. The van der Waals surface area contributed by atoms with E-state index in [0.717, 1.165) is 16.5 Å². The van der Waals surface area contributed by atoms with Crippen molar-refractivity contribution in [2.24, 2.45) is 0 Å². The smallest absolute Gasteiger partial charge is 0.434 e. The number of ether oxygens (including phenoxy) is 4. The zero-order valence-corrected chi connectivity index (χ0v) is 20.1. The lowest BCUT2D eigenvalue weighted by Crippen LogP contribution is -2.31. The fraction of sp³-hybridized carbons (Fsp3) is 0.385. The molecule has 0 spiro atoms. The van der Waals surface area contributed by atoms with Crippen molar-refractivity contribution in [3.8, 4) is 5.88 Å². The Bertz CT molecular complexity index is 1230. The number of nitrogens with zero attached hydrogens (tertiary/aromatic N) is 1. The van der Waals surface area contributed by atoms with Crippen LogP contribution in [0, 0.1) is 5.82 Å². The normalized spacial score (nSPS) is 14.7. The molecule has 3 aromatic rings. The molecule has 2 heterocycles. The zero-order valence-electron chi connectivity index (χ0n) is 20.1. The van der Waals surface area contributed by atoms with E-state index in [9.17, 15) is 14.0 Å². The molecule has 9 heteroatoms. The molecular weight excluding hydrogens is 455 g/mol. The van der Waals surface area contributed by atoms with Gasteiger partial charge in [0.15, 0.2) is 5.79 Å². The lowest BCUT2D eigenvalue weighted by atomic mass is 10.1. The van der Waals surface area contributed by atoms with Crippen LogP contribution in [0.2, 0.25) is 0 Å². The number of nitrogens with one attached hydrogen (secondary N) is 1. The number of benzene rings is 2. The number of aromatic nitrogens is 1. The minimum atomic E-state index is -0.938. The van der Waals surface area contributed by atoms with Crippen LogP contribution in [0.5, 0.6) is 5.88 Å². The largest absolute Gasteiger partial charge is 0.515 e. The van der Waals surface area contributed by atoms with E-state index in [0.29, 0.717) is 30.9 Å². The lowest BCUT2D eigenvalue weighted by molar-refractivity contribution is -0.156. The third kappa shape index (κ3) is 5.47. The number of anilines is 1. The molecule has 0 saturated carbocycles. The summed E-state index contributed by atoms with van der Waals surface area (Å²) in [6.07, 6.45) is -0.248. The molecule has 186 valence electrons. The molecule has 1 fully saturated rings. The maximum Gasteiger partial charge on any atom is 0.515 e. The maximum atomic E-state index is 14.5. The van der Waals surface area contributed by atoms with Crippen LogP contribution in [0.15, 0.2) is 42.5 Å². The Balaban J connectivity index is 1.71. The summed E-state index contributed by atoms with van der Waals surface area (Å²) in [6.45, 7) is 6.57. The molecule has 0 unspecified atom stereocenters. The Morgan fingerprint density at radius 1 is 1.14 bits per heavy atom. The summed E-state index contributed by atoms with van der Waals surface area (Å²) < 4.78 is 37.8. The second-order valence-corrected chi connectivity index (χ2v) is 8.39. The van der Waals surface area contributed by atoms with Gasteiger partial charge in [-0.15, -0.1) is 0 Å². The van der Waals surface area contributed by atoms with Crippen LogP contribution in [-0.2, 0) is 32.0 Å². The SMILES string of the molecule is CCOC(=O)Oc1c(CC)c2cc(NC(=O)CC3(C)OCCO3)ccc2n1Cc1ccccc1F. The molecule has 1 aromatic heterocycles. The molecule has 2 aromatic carbocycles. The minimum absolute atomic E-state index is 0.0528. The van der Waals surface area contributed by atoms with Gasteiger partial charge in [-0.1, -0.05) is 25.1 Å². The van der Waals surface area contributed by atoms with Gasteiger partial charge in [-0.05, 0) is 44.5 Å². The molecule has 0 atom stereocenters. The first-order valence-corrected chi connectivity index (χ1v) is 11.6. The predicted molar refractivity (Wildman–Crippen MR) is 128 cm³/mol. The average molecular weight is 485 g/mol. The number of aryl methyl sites for hydroxylation is 1. The third-order valence-corrected chi connectivity index (χ3v) is 5.86. The molecule has 1 saturated heterocycles. The molecule has 1 N–H and O–H groups in total. The van der Waals surface area contributed by atoms with Crippen molar-refractivity contribution >= 4 is 28.7 Å². The predicted octanol–water partition coefficient (Wildman–Crippen LogP) is 5.02. The fourth-order valence-corrected chi connectivity index (χ4v) is 4.27. The van der Waals surface area contributed by atoms with Crippen molar-refractivity contribution in [2.45, 2.75) is 45.9 Å². The van der Waals surface area contributed by atoms with E-state index in [1.165, 1.54) is 6.07 Å². The highest BCUT2D eigenvalue weighted by molar-refractivity contribution is 5.96. The van der Waals surface area contributed by atoms with Crippen molar-refractivity contribution in [2.75, 3.05) is 25.1 Å². The van der Waals surface area contributed by atoms with Crippen LogP contribution in [0.1, 0.15) is 38.3 Å². The van der Waals surface area contributed by atoms with E-state index in [4.69, 9.17) is 18.9 Å². The van der Waals surface area contributed by atoms with Gasteiger partial charge in [0, 0.05) is 22.2 Å². The molecule has 1 aliphatic heterocycles. The first kappa shape index (κ1) is 24.7. The fourth-order valence-electron chi connectivity index (χ4n) is 4.27. The van der Waals surface area contributed by atoms with E-state index in [1.807, 2.05) is 19.1 Å². The van der Waals surface area contributed by atoms with E-state index in [1.54, 1.807) is 42.7 Å². The number of halogens is 1. The summed E-state index contributed by atoms with van der Waals surface area (Å²) >= 11 is 0. The first-order valence-electron chi connectivity index (χ1n) is 11.6. The van der Waals surface area contributed by atoms with Crippen LogP contribution in [-0.4, -0.2) is 42.2 Å². The topological polar surface area (TPSA) is 88.0 Å². The highest BCUT2D eigenvalue weighted by atomic mass is 19.1. The van der Waals surface area contributed by atoms with Crippen molar-refractivity contribution in [3.63, 3.8) is 0 Å². The van der Waals surface area contributed by atoms with Gasteiger partial charge in [0.05, 0.1) is 38.3 Å². The summed E-state index contributed by atoms with van der Waals surface area (Å²) in [6, 6.07) is 11.8. The highest BCUT2D eigenvalue weighted by Crippen LogP contribution is 2.36. The van der Waals surface area contributed by atoms with Crippen molar-refractivity contribution < 1.29 is 32.9 Å². The van der Waals surface area contributed by atoms with Gasteiger partial charge in [-0.25, -0.2) is 9.18 Å². The number of carbonyl (C=O) groups is 2. The van der Waals surface area contributed by atoms with E-state index in [2.05, 4.69) is 5.32 Å². The molecule has 8 nitrogen and oxygen atoms in total. The number of hydrogen-bond donors (Lipinski definition) is 1. The number of fused-ring (bicyclic) bond motifs is 1. The molecule has 0 bridgehead atoms. The monoisotopic (exact) mass is 484 g/mol. The van der Waals surface area contributed by atoms with Crippen LogP contribution >= 0.6 is 0 Å². The summed E-state index contributed by atoms with van der Waals surface area (Å²) in [5.74, 6) is -1.26. The Hall–Kier alpha value is -3.43. The molecule has 0 radical (unpaired) electrons. The lowest BCUT2D eigenvalue weighted by Gasteiger charge is -2.21. The number of amides is 1. The van der Waals surface area contributed by atoms with Gasteiger partial charge in [-0.3, -0.25) is 4.79 Å². The van der Waals surface area contributed by atoms with E-state index in [-0.39, 0.29) is 37.2 Å². The second-order valence-electron chi connectivity index (χ2n) is 8.39. The van der Waals surface area contributed by atoms with Crippen LogP contribution < -0.4 is 10.1 Å². The second kappa shape index (κ2) is 10.5. The molecule has 35 heavy (non-hydrogen) atoms. The Morgan fingerprint density at radius 3 is 2.57 bits per heavy atom. The summed E-state index contributed by atoms with van der Waals surface area (Å²) in [5, 5.41) is 3.66. The maximum absolute atomic E-state index is 14.5. The van der Waals surface area contributed by atoms with Gasteiger partial charge >= 0.3 is 6.16 Å². The number of carbonyl (C=O) groups excluding carboxylic acids is 2. The van der Waals surface area contributed by atoms with Crippen LogP contribution in [0.4, 0.5) is 14.9 Å². The Labute approximate surface area is 202 Å². The molecule has 4 rings (SSSR count). The number of hydrogen-bond acceptors (Lipinski definition) is 6. The third-order valence-electron chi connectivity index (χ3n) is 5.86. The average Bonchev–Trinajstić information content (AvgIpc) is 3.36. The minimum Gasteiger partial charge on any atom is -0.434 e. The quantitative estimate of drug-likeness (QED) is 0.452. The molecular formula is C26H29FN2O6. The summed E-state index contributed by atoms with van der Waals surface area (Å²) in [4.78, 5) is 24.9. The number of rotatable bonds is 8. The zero-order chi connectivity index (χ0) is 25.0. The molecule has 1 amide bonds. The standard InChI is InChI=1S/C26H29FN2O6/c1-4-19-20-14-18(28-23(30)15-26(3)33-12-13-34-26)10-11-22(20)29(24(19)35-25(31)32-5-2)16-17-8-6-7-9-21(17)27/h6-11,14H,4-5,12-13,15-16H2,1-3H3,(H,28,30). The first-order chi connectivity index (χ1) is 16.8. The van der Waals surface area contributed by atoms with Crippen molar-refractivity contribution in [3.05, 3.63) is 59.4 Å². The van der Waals surface area contributed by atoms with Crippen LogP contribution in [0.25, 0.3) is 10.9 Å². The van der Waals surface area contributed by atoms with Crippen molar-refractivity contribution in [1.29, 1.82) is 0 Å². The van der Waals surface area contributed by atoms with E-state index < -0.39 is 11.9 Å². The summed E-state index contributed by atoms with van der Waals surface area (Å²) in [7, 11) is 0. The van der Waals surface area contributed by atoms with Gasteiger partial charge in [0.2, 0.25) is 11.8 Å². The van der Waals surface area contributed by atoms with Gasteiger partial charge < -0.3 is 28.8 Å². The Kier molecular flexibility index (Phi) is 7.37.